The number of methoxy groups -OCH3 is 1. The summed E-state index contributed by atoms with van der Waals surface area (Å²) in [6.07, 6.45) is 1.67. The van der Waals surface area contributed by atoms with Crippen LogP contribution in [0.15, 0.2) is 59.2 Å². The fourth-order valence-corrected chi connectivity index (χ4v) is 2.63. The molecule has 4 nitrogen and oxygen atoms in total. The van der Waals surface area contributed by atoms with Crippen molar-refractivity contribution in [2.75, 3.05) is 14.2 Å². The molecule has 0 aliphatic heterocycles. The summed E-state index contributed by atoms with van der Waals surface area (Å²) in [6, 6.07) is 14.3. The van der Waals surface area contributed by atoms with Gasteiger partial charge in [0, 0.05) is 18.2 Å². The highest BCUT2D eigenvalue weighted by atomic mass is 19.1. The van der Waals surface area contributed by atoms with Crippen LogP contribution in [0.1, 0.15) is 24.2 Å². The van der Waals surface area contributed by atoms with Crippen LogP contribution in [0.25, 0.3) is 11.5 Å². The van der Waals surface area contributed by atoms with Crippen molar-refractivity contribution in [3.05, 3.63) is 71.9 Å². The number of aromatic nitrogens is 1. The molecule has 0 bridgehead atoms. The van der Waals surface area contributed by atoms with Gasteiger partial charge in [0.05, 0.1) is 12.8 Å². The second-order valence-electron chi connectivity index (χ2n) is 6.02. The molecule has 3 rings (SSSR count). The van der Waals surface area contributed by atoms with E-state index in [0.717, 1.165) is 22.6 Å². The highest BCUT2D eigenvalue weighted by Gasteiger charge is 2.15. The summed E-state index contributed by atoms with van der Waals surface area (Å²) in [7, 11) is 3.64. The van der Waals surface area contributed by atoms with Gasteiger partial charge in [-0.05, 0) is 55.9 Å². The molecular formula is C20H21FN2O2. The fraction of sp³-hybridized carbons (Fsp3) is 0.250. The molecule has 1 atom stereocenters. The van der Waals surface area contributed by atoms with Crippen molar-refractivity contribution in [2.24, 2.45) is 0 Å². The van der Waals surface area contributed by atoms with Crippen molar-refractivity contribution >= 4 is 0 Å². The highest BCUT2D eigenvalue weighted by molar-refractivity contribution is 5.54. The van der Waals surface area contributed by atoms with Crippen molar-refractivity contribution < 1.29 is 13.5 Å². The summed E-state index contributed by atoms with van der Waals surface area (Å²) in [5.41, 5.74) is 2.81. The largest absolute Gasteiger partial charge is 0.497 e. The minimum atomic E-state index is -0.223. The zero-order chi connectivity index (χ0) is 17.8. The number of rotatable bonds is 6. The van der Waals surface area contributed by atoms with Gasteiger partial charge >= 0.3 is 0 Å². The molecule has 0 aliphatic rings. The summed E-state index contributed by atoms with van der Waals surface area (Å²) < 4.78 is 23.8. The maximum Gasteiger partial charge on any atom is 0.226 e. The molecule has 0 fully saturated rings. The molecule has 3 aromatic rings. The molecule has 0 spiro atoms. The summed E-state index contributed by atoms with van der Waals surface area (Å²) in [4.78, 5) is 6.70. The molecule has 25 heavy (non-hydrogen) atoms. The summed E-state index contributed by atoms with van der Waals surface area (Å²) in [5, 5.41) is 0. The van der Waals surface area contributed by atoms with E-state index in [4.69, 9.17) is 9.15 Å². The van der Waals surface area contributed by atoms with Gasteiger partial charge in [-0.1, -0.05) is 12.1 Å². The second-order valence-corrected chi connectivity index (χ2v) is 6.02. The molecular weight excluding hydrogens is 319 g/mol. The van der Waals surface area contributed by atoms with Crippen LogP contribution < -0.4 is 4.74 Å². The van der Waals surface area contributed by atoms with Gasteiger partial charge < -0.3 is 9.15 Å². The van der Waals surface area contributed by atoms with Crippen LogP contribution in [0, 0.1) is 5.82 Å². The summed E-state index contributed by atoms with van der Waals surface area (Å²) in [6.45, 7) is 2.72. The van der Waals surface area contributed by atoms with E-state index in [1.165, 1.54) is 12.1 Å². The van der Waals surface area contributed by atoms with E-state index < -0.39 is 0 Å². The Balaban J connectivity index is 1.68. The smallest absolute Gasteiger partial charge is 0.226 e. The van der Waals surface area contributed by atoms with Crippen molar-refractivity contribution in [2.45, 2.75) is 19.5 Å². The third kappa shape index (κ3) is 4.06. The summed E-state index contributed by atoms with van der Waals surface area (Å²) in [5.74, 6) is 1.16. The zero-order valence-electron chi connectivity index (χ0n) is 14.6. The van der Waals surface area contributed by atoms with Crippen LogP contribution in [-0.4, -0.2) is 24.0 Å². The maximum atomic E-state index is 13.1. The summed E-state index contributed by atoms with van der Waals surface area (Å²) >= 11 is 0. The number of nitrogens with zero attached hydrogens (tertiary/aromatic N) is 2. The quantitative estimate of drug-likeness (QED) is 0.653. The second kappa shape index (κ2) is 7.49. The van der Waals surface area contributed by atoms with Gasteiger partial charge in [0.2, 0.25) is 5.89 Å². The van der Waals surface area contributed by atoms with Crippen molar-refractivity contribution in [3.63, 3.8) is 0 Å². The van der Waals surface area contributed by atoms with Crippen LogP contribution >= 0.6 is 0 Å². The SMILES string of the molecule is COc1ccc(-c2nc(CN(C)C(C)c3ccc(F)cc3)co2)cc1. The Bertz CT molecular complexity index is 812. The lowest BCUT2D eigenvalue weighted by molar-refractivity contribution is 0.250. The maximum absolute atomic E-state index is 13.1. The first-order chi connectivity index (χ1) is 12.1. The average Bonchev–Trinajstić information content (AvgIpc) is 3.10. The van der Waals surface area contributed by atoms with Crippen LogP contribution in [0.5, 0.6) is 5.75 Å². The predicted octanol–water partition coefficient (Wildman–Crippen LogP) is 4.68. The minimum Gasteiger partial charge on any atom is -0.497 e. The number of ether oxygens (including phenoxy) is 1. The minimum absolute atomic E-state index is 0.140. The van der Waals surface area contributed by atoms with E-state index in [1.54, 1.807) is 13.4 Å². The average molecular weight is 340 g/mol. The van der Waals surface area contributed by atoms with Gasteiger partial charge in [0.15, 0.2) is 0 Å². The molecule has 1 aromatic heterocycles. The van der Waals surface area contributed by atoms with E-state index in [-0.39, 0.29) is 11.9 Å². The van der Waals surface area contributed by atoms with Gasteiger partial charge in [0.1, 0.15) is 17.8 Å². The molecule has 1 heterocycles. The number of benzene rings is 2. The monoisotopic (exact) mass is 340 g/mol. The van der Waals surface area contributed by atoms with Crippen molar-refractivity contribution in [3.8, 4) is 17.2 Å². The zero-order valence-corrected chi connectivity index (χ0v) is 14.6. The molecule has 0 amide bonds. The molecule has 130 valence electrons. The topological polar surface area (TPSA) is 38.5 Å². The van der Waals surface area contributed by atoms with E-state index in [2.05, 4.69) is 16.8 Å². The first-order valence-electron chi connectivity index (χ1n) is 8.11. The molecule has 1 unspecified atom stereocenters. The van der Waals surface area contributed by atoms with E-state index in [1.807, 2.05) is 43.4 Å². The normalized spacial score (nSPS) is 12.4. The van der Waals surface area contributed by atoms with Crippen molar-refractivity contribution in [1.29, 1.82) is 0 Å². The van der Waals surface area contributed by atoms with E-state index >= 15 is 0 Å². The lowest BCUT2D eigenvalue weighted by Gasteiger charge is -2.24. The van der Waals surface area contributed by atoms with Gasteiger partial charge in [-0.3, -0.25) is 4.90 Å². The van der Waals surface area contributed by atoms with Crippen LogP contribution in [0.4, 0.5) is 4.39 Å². The Labute approximate surface area is 146 Å². The lowest BCUT2D eigenvalue weighted by Crippen LogP contribution is -2.22. The highest BCUT2D eigenvalue weighted by Crippen LogP contribution is 2.24. The van der Waals surface area contributed by atoms with E-state index in [9.17, 15) is 4.39 Å². The van der Waals surface area contributed by atoms with Crippen LogP contribution in [0.3, 0.4) is 0 Å². The van der Waals surface area contributed by atoms with E-state index in [0.29, 0.717) is 12.4 Å². The molecule has 0 saturated heterocycles. The number of oxazole rings is 1. The Morgan fingerprint density at radius 1 is 1.12 bits per heavy atom. The third-order valence-electron chi connectivity index (χ3n) is 4.31. The first-order valence-corrected chi connectivity index (χ1v) is 8.11. The van der Waals surface area contributed by atoms with Crippen LogP contribution in [0.2, 0.25) is 0 Å². The van der Waals surface area contributed by atoms with Crippen LogP contribution in [-0.2, 0) is 6.54 Å². The van der Waals surface area contributed by atoms with Crippen molar-refractivity contribution in [1.82, 2.24) is 9.88 Å². The molecule has 0 radical (unpaired) electrons. The van der Waals surface area contributed by atoms with Gasteiger partial charge in [-0.15, -0.1) is 0 Å². The van der Waals surface area contributed by atoms with Gasteiger partial charge in [-0.25, -0.2) is 9.37 Å². The standard InChI is InChI=1S/C20H21FN2O2/c1-14(15-4-8-17(21)9-5-15)23(2)12-18-13-25-20(22-18)16-6-10-19(24-3)11-7-16/h4-11,13-14H,12H2,1-3H3. The molecule has 0 saturated carbocycles. The fourth-order valence-electron chi connectivity index (χ4n) is 2.63. The van der Waals surface area contributed by atoms with Gasteiger partial charge in [-0.2, -0.15) is 0 Å². The Morgan fingerprint density at radius 2 is 1.80 bits per heavy atom. The molecule has 2 aromatic carbocycles. The Kier molecular flexibility index (Phi) is 5.14. The first kappa shape index (κ1) is 17.2. The lowest BCUT2D eigenvalue weighted by atomic mass is 10.1. The van der Waals surface area contributed by atoms with Gasteiger partial charge in [0.25, 0.3) is 0 Å². The number of hydrogen-bond acceptors (Lipinski definition) is 4. The molecule has 5 heteroatoms. The molecule has 0 aliphatic carbocycles. The molecule has 0 N–H and O–H groups in total. The number of hydrogen-bond donors (Lipinski definition) is 0. The predicted molar refractivity (Wildman–Crippen MR) is 94.8 cm³/mol. The Hall–Kier alpha value is -2.66. The Morgan fingerprint density at radius 3 is 2.44 bits per heavy atom. The number of halogens is 1. The third-order valence-corrected chi connectivity index (χ3v) is 4.31.